The predicted octanol–water partition coefficient (Wildman–Crippen LogP) is 2.63. The summed E-state index contributed by atoms with van der Waals surface area (Å²) in [6.45, 7) is 9.06. The fourth-order valence-corrected chi connectivity index (χ4v) is 5.55. The van der Waals surface area contributed by atoms with E-state index in [2.05, 4.69) is 18.7 Å². The minimum absolute atomic E-state index is 0.00870. The van der Waals surface area contributed by atoms with Gasteiger partial charge in [-0.1, -0.05) is 0 Å². The van der Waals surface area contributed by atoms with Gasteiger partial charge in [0.2, 0.25) is 5.91 Å². The molecule has 1 aromatic carbocycles. The first-order valence-corrected chi connectivity index (χ1v) is 13.3. The van der Waals surface area contributed by atoms with E-state index in [1.165, 1.54) is 6.42 Å². The number of piperidine rings is 2. The highest BCUT2D eigenvalue weighted by Gasteiger charge is 2.29. The SMILES string of the molecule is CC1CCCC(C)N1C(=O)COc1ccc(C(=O)N2CCN(CC(=O)N3CCCCC3)CC2)cc1. The van der Waals surface area contributed by atoms with Crippen LogP contribution in [0.3, 0.4) is 0 Å². The second-order valence-corrected chi connectivity index (χ2v) is 10.3. The summed E-state index contributed by atoms with van der Waals surface area (Å²) in [5.41, 5.74) is 0.611. The summed E-state index contributed by atoms with van der Waals surface area (Å²) in [7, 11) is 0. The number of rotatable bonds is 6. The lowest BCUT2D eigenvalue weighted by Gasteiger charge is -2.39. The number of likely N-dealkylation sites (tertiary alicyclic amines) is 2. The Morgan fingerprint density at radius 3 is 2.03 bits per heavy atom. The van der Waals surface area contributed by atoms with Crippen LogP contribution in [0.4, 0.5) is 0 Å². The monoisotopic (exact) mass is 484 g/mol. The van der Waals surface area contributed by atoms with Crippen molar-refractivity contribution >= 4 is 17.7 Å². The highest BCUT2D eigenvalue weighted by atomic mass is 16.5. The topological polar surface area (TPSA) is 73.4 Å². The van der Waals surface area contributed by atoms with Crippen LogP contribution >= 0.6 is 0 Å². The smallest absolute Gasteiger partial charge is 0.260 e. The summed E-state index contributed by atoms with van der Waals surface area (Å²) in [6, 6.07) is 7.55. The molecule has 2 atom stereocenters. The molecule has 35 heavy (non-hydrogen) atoms. The van der Waals surface area contributed by atoms with Gasteiger partial charge in [0.1, 0.15) is 5.75 Å². The highest BCUT2D eigenvalue weighted by Crippen LogP contribution is 2.23. The van der Waals surface area contributed by atoms with Gasteiger partial charge in [0.15, 0.2) is 6.61 Å². The maximum absolute atomic E-state index is 13.0. The van der Waals surface area contributed by atoms with Crippen LogP contribution in [0, 0.1) is 0 Å². The average molecular weight is 485 g/mol. The molecule has 8 heteroatoms. The normalized spacial score (nSPS) is 23.8. The van der Waals surface area contributed by atoms with Crippen LogP contribution in [0.25, 0.3) is 0 Å². The van der Waals surface area contributed by atoms with E-state index in [4.69, 9.17) is 4.74 Å². The lowest BCUT2D eigenvalue weighted by atomic mass is 9.97. The lowest BCUT2D eigenvalue weighted by Crippen LogP contribution is -2.52. The van der Waals surface area contributed by atoms with E-state index in [0.29, 0.717) is 44.0 Å². The van der Waals surface area contributed by atoms with Crippen molar-refractivity contribution in [3.63, 3.8) is 0 Å². The van der Waals surface area contributed by atoms with Gasteiger partial charge >= 0.3 is 0 Å². The van der Waals surface area contributed by atoms with Gasteiger partial charge in [-0.15, -0.1) is 0 Å². The van der Waals surface area contributed by atoms with Crippen molar-refractivity contribution < 1.29 is 19.1 Å². The van der Waals surface area contributed by atoms with Gasteiger partial charge in [0, 0.05) is 56.9 Å². The molecule has 0 aromatic heterocycles. The third-order valence-corrected chi connectivity index (χ3v) is 7.67. The average Bonchev–Trinajstić information content (AvgIpc) is 2.88. The van der Waals surface area contributed by atoms with Crippen molar-refractivity contribution in [1.29, 1.82) is 0 Å². The first-order valence-electron chi connectivity index (χ1n) is 13.3. The molecule has 192 valence electrons. The number of hydrogen-bond donors (Lipinski definition) is 0. The van der Waals surface area contributed by atoms with E-state index in [-0.39, 0.29) is 36.4 Å². The van der Waals surface area contributed by atoms with Gasteiger partial charge in [0.05, 0.1) is 6.54 Å². The number of nitrogens with zero attached hydrogens (tertiary/aromatic N) is 4. The first kappa shape index (κ1) is 25.5. The van der Waals surface area contributed by atoms with Crippen LogP contribution in [0.15, 0.2) is 24.3 Å². The van der Waals surface area contributed by atoms with Crippen molar-refractivity contribution in [3.8, 4) is 5.75 Å². The van der Waals surface area contributed by atoms with Crippen molar-refractivity contribution in [1.82, 2.24) is 19.6 Å². The minimum Gasteiger partial charge on any atom is -0.484 e. The molecular weight excluding hydrogens is 444 g/mol. The molecule has 2 unspecified atom stereocenters. The molecule has 3 fully saturated rings. The molecule has 3 aliphatic heterocycles. The fraction of sp³-hybridized carbons (Fsp3) is 0.667. The van der Waals surface area contributed by atoms with Crippen molar-refractivity contribution in [2.45, 2.75) is 64.5 Å². The summed E-state index contributed by atoms with van der Waals surface area (Å²) < 4.78 is 5.74. The number of ether oxygens (including phenoxy) is 1. The molecule has 0 bridgehead atoms. The summed E-state index contributed by atoms with van der Waals surface area (Å²) in [5, 5.41) is 0. The van der Waals surface area contributed by atoms with E-state index >= 15 is 0 Å². The summed E-state index contributed by atoms with van der Waals surface area (Å²) in [6.07, 6.45) is 6.66. The van der Waals surface area contributed by atoms with E-state index in [1.807, 2.05) is 14.7 Å². The second-order valence-electron chi connectivity index (χ2n) is 10.3. The summed E-state index contributed by atoms with van der Waals surface area (Å²) >= 11 is 0. The molecule has 3 aliphatic rings. The Labute approximate surface area is 209 Å². The largest absolute Gasteiger partial charge is 0.484 e. The number of carbonyl (C=O) groups excluding carboxylic acids is 3. The number of hydrogen-bond acceptors (Lipinski definition) is 5. The maximum Gasteiger partial charge on any atom is 0.260 e. The van der Waals surface area contributed by atoms with Gasteiger partial charge < -0.3 is 19.4 Å². The Morgan fingerprint density at radius 2 is 1.40 bits per heavy atom. The first-order chi connectivity index (χ1) is 16.9. The Bertz CT molecular complexity index is 866. The van der Waals surface area contributed by atoms with E-state index in [1.54, 1.807) is 24.3 Å². The third kappa shape index (κ3) is 6.54. The van der Waals surface area contributed by atoms with Crippen molar-refractivity contribution in [2.24, 2.45) is 0 Å². The van der Waals surface area contributed by atoms with Crippen LogP contribution in [0.1, 0.15) is 62.7 Å². The van der Waals surface area contributed by atoms with E-state index in [0.717, 1.165) is 45.2 Å². The number of benzene rings is 1. The zero-order valence-electron chi connectivity index (χ0n) is 21.3. The number of piperazine rings is 1. The molecule has 1 aromatic rings. The lowest BCUT2D eigenvalue weighted by molar-refractivity contribution is -0.139. The molecule has 0 radical (unpaired) electrons. The van der Waals surface area contributed by atoms with Crippen molar-refractivity contribution in [3.05, 3.63) is 29.8 Å². The zero-order valence-corrected chi connectivity index (χ0v) is 21.3. The van der Waals surface area contributed by atoms with Crippen LogP contribution in [0.5, 0.6) is 5.75 Å². The van der Waals surface area contributed by atoms with Crippen LogP contribution < -0.4 is 4.74 Å². The predicted molar refractivity (Wildman–Crippen MR) is 134 cm³/mol. The Morgan fingerprint density at radius 1 is 0.771 bits per heavy atom. The molecule has 3 amide bonds. The van der Waals surface area contributed by atoms with Crippen molar-refractivity contribution in [2.75, 3.05) is 52.4 Å². The molecule has 3 saturated heterocycles. The quantitative estimate of drug-likeness (QED) is 0.621. The van der Waals surface area contributed by atoms with Gasteiger partial charge in [-0.2, -0.15) is 0 Å². The standard InChI is InChI=1S/C27H40N4O4/c1-21-7-6-8-22(2)31(21)26(33)20-35-24-11-9-23(10-12-24)27(34)30-17-15-28(16-18-30)19-25(32)29-13-4-3-5-14-29/h9-12,21-22H,3-8,13-20H2,1-2H3. The minimum atomic E-state index is -0.00870. The molecule has 0 aliphatic carbocycles. The fourth-order valence-electron chi connectivity index (χ4n) is 5.55. The third-order valence-electron chi connectivity index (χ3n) is 7.67. The molecule has 0 spiro atoms. The molecule has 0 saturated carbocycles. The van der Waals surface area contributed by atoms with Gasteiger partial charge in [-0.3, -0.25) is 19.3 Å². The number of carbonyl (C=O) groups is 3. The second kappa shape index (κ2) is 11.9. The van der Waals surface area contributed by atoms with Gasteiger partial charge in [0.25, 0.3) is 11.8 Å². The molecule has 4 rings (SSSR count). The Balaban J connectivity index is 1.22. The maximum atomic E-state index is 13.0. The molecular formula is C27H40N4O4. The highest BCUT2D eigenvalue weighted by molar-refractivity contribution is 5.94. The molecule has 0 N–H and O–H groups in total. The van der Waals surface area contributed by atoms with E-state index < -0.39 is 0 Å². The van der Waals surface area contributed by atoms with Gasteiger partial charge in [-0.05, 0) is 76.6 Å². The molecule has 3 heterocycles. The van der Waals surface area contributed by atoms with Gasteiger partial charge in [-0.25, -0.2) is 0 Å². The summed E-state index contributed by atoms with van der Waals surface area (Å²) in [5.74, 6) is 0.808. The van der Waals surface area contributed by atoms with Crippen LogP contribution in [-0.4, -0.2) is 102 Å². The Kier molecular flexibility index (Phi) is 8.65. The van der Waals surface area contributed by atoms with Crippen LogP contribution in [-0.2, 0) is 9.59 Å². The van der Waals surface area contributed by atoms with Crippen LogP contribution in [0.2, 0.25) is 0 Å². The van der Waals surface area contributed by atoms with E-state index in [9.17, 15) is 14.4 Å². The zero-order chi connectivity index (χ0) is 24.8. The Hall–Kier alpha value is -2.61. The number of amides is 3. The molecule has 8 nitrogen and oxygen atoms in total. The summed E-state index contributed by atoms with van der Waals surface area (Å²) in [4.78, 5) is 46.1.